The average Bonchev–Trinajstić information content (AvgIpc) is 2.69. The van der Waals surface area contributed by atoms with Gasteiger partial charge in [0.1, 0.15) is 18.3 Å². The predicted octanol–water partition coefficient (Wildman–Crippen LogP) is 3.76. The average molecular weight is 375 g/mol. The maximum absolute atomic E-state index is 12.5. The fourth-order valence-corrected chi connectivity index (χ4v) is 3.49. The van der Waals surface area contributed by atoms with Gasteiger partial charge < -0.3 is 9.72 Å². The van der Waals surface area contributed by atoms with E-state index in [1.54, 1.807) is 0 Å². The molecule has 0 unspecified atom stereocenters. The second-order valence-electron chi connectivity index (χ2n) is 7.48. The van der Waals surface area contributed by atoms with Crippen molar-refractivity contribution in [1.82, 2.24) is 14.9 Å². The summed E-state index contributed by atoms with van der Waals surface area (Å²) in [6.07, 6.45) is 0.683. The highest BCUT2D eigenvalue weighted by atomic mass is 16.5. The van der Waals surface area contributed by atoms with Crippen molar-refractivity contribution >= 4 is 0 Å². The minimum atomic E-state index is -0.0318. The fourth-order valence-electron chi connectivity index (χ4n) is 3.49. The first kappa shape index (κ1) is 18.4. The summed E-state index contributed by atoms with van der Waals surface area (Å²) in [5.41, 5.74) is 6.09. The Labute approximate surface area is 165 Å². The van der Waals surface area contributed by atoms with Crippen molar-refractivity contribution in [2.75, 3.05) is 13.3 Å². The molecule has 1 aliphatic rings. The first-order valence-electron chi connectivity index (χ1n) is 9.62. The number of aryl methyl sites for hydroxylation is 2. The molecule has 0 saturated heterocycles. The van der Waals surface area contributed by atoms with Gasteiger partial charge in [-0.3, -0.25) is 9.69 Å². The maximum atomic E-state index is 12.5. The molecule has 1 N–H and O–H groups in total. The minimum absolute atomic E-state index is 0.0318. The zero-order valence-electron chi connectivity index (χ0n) is 16.6. The summed E-state index contributed by atoms with van der Waals surface area (Å²) < 4.78 is 6.04. The number of hydrogen-bond donors (Lipinski definition) is 1. The zero-order valence-corrected chi connectivity index (χ0v) is 16.6. The van der Waals surface area contributed by atoms with Crippen LogP contribution in [0.3, 0.4) is 0 Å². The Kier molecular flexibility index (Phi) is 5.01. The third kappa shape index (κ3) is 3.71. The molecule has 144 valence electrons. The number of nitrogens with one attached hydrogen (secondary N) is 1. The van der Waals surface area contributed by atoms with E-state index in [1.165, 1.54) is 11.1 Å². The number of fused-ring (bicyclic) bond motifs is 1. The molecule has 2 aromatic carbocycles. The van der Waals surface area contributed by atoms with E-state index in [2.05, 4.69) is 29.8 Å². The van der Waals surface area contributed by atoms with E-state index in [0.29, 0.717) is 25.5 Å². The first-order valence-corrected chi connectivity index (χ1v) is 9.62. The topological polar surface area (TPSA) is 58.2 Å². The predicted molar refractivity (Wildman–Crippen MR) is 111 cm³/mol. The standard InChI is InChI=1S/C23H25N3O2/c1-15-7-9-18(10-8-15)22-24-20-13-26(12-11-19(20)23(27)25-22)14-28-21-6-4-5-16(2)17(21)3/h4-10H,11-14H2,1-3H3,(H,24,25,27). The first-order chi connectivity index (χ1) is 13.5. The summed E-state index contributed by atoms with van der Waals surface area (Å²) in [4.78, 5) is 22.4. The van der Waals surface area contributed by atoms with Crippen LogP contribution in [-0.4, -0.2) is 28.1 Å². The van der Waals surface area contributed by atoms with Crippen LogP contribution in [0.1, 0.15) is 27.9 Å². The number of ether oxygens (including phenoxy) is 1. The number of nitrogens with zero attached hydrogens (tertiary/aromatic N) is 2. The molecular weight excluding hydrogens is 350 g/mol. The lowest BCUT2D eigenvalue weighted by Gasteiger charge is -2.28. The van der Waals surface area contributed by atoms with Crippen LogP contribution in [0.5, 0.6) is 5.75 Å². The van der Waals surface area contributed by atoms with Crippen LogP contribution in [0.15, 0.2) is 47.3 Å². The lowest BCUT2D eigenvalue weighted by atomic mass is 10.1. The van der Waals surface area contributed by atoms with Crippen molar-refractivity contribution in [2.24, 2.45) is 0 Å². The van der Waals surface area contributed by atoms with Gasteiger partial charge in [-0.25, -0.2) is 4.98 Å². The van der Waals surface area contributed by atoms with Gasteiger partial charge in [0.15, 0.2) is 0 Å². The van der Waals surface area contributed by atoms with Crippen LogP contribution in [0, 0.1) is 20.8 Å². The lowest BCUT2D eigenvalue weighted by molar-refractivity contribution is 0.111. The van der Waals surface area contributed by atoms with Crippen molar-refractivity contribution in [1.29, 1.82) is 0 Å². The Morgan fingerprint density at radius 2 is 1.89 bits per heavy atom. The molecule has 5 nitrogen and oxygen atoms in total. The maximum Gasteiger partial charge on any atom is 0.254 e. The molecule has 0 bridgehead atoms. The summed E-state index contributed by atoms with van der Waals surface area (Å²) in [7, 11) is 0. The van der Waals surface area contributed by atoms with E-state index in [4.69, 9.17) is 9.72 Å². The van der Waals surface area contributed by atoms with Gasteiger partial charge in [0.25, 0.3) is 5.56 Å². The molecule has 0 atom stereocenters. The Morgan fingerprint density at radius 3 is 2.68 bits per heavy atom. The molecular formula is C23H25N3O2. The quantitative estimate of drug-likeness (QED) is 0.754. The van der Waals surface area contributed by atoms with E-state index in [1.807, 2.05) is 43.3 Å². The van der Waals surface area contributed by atoms with Gasteiger partial charge in [-0.1, -0.05) is 42.0 Å². The van der Waals surface area contributed by atoms with Gasteiger partial charge >= 0.3 is 0 Å². The monoisotopic (exact) mass is 375 g/mol. The highest BCUT2D eigenvalue weighted by Gasteiger charge is 2.22. The van der Waals surface area contributed by atoms with Gasteiger partial charge in [0, 0.05) is 24.2 Å². The highest BCUT2D eigenvalue weighted by molar-refractivity contribution is 5.55. The van der Waals surface area contributed by atoms with Crippen LogP contribution in [0.25, 0.3) is 11.4 Å². The Bertz CT molecular complexity index is 1050. The smallest absolute Gasteiger partial charge is 0.254 e. The summed E-state index contributed by atoms with van der Waals surface area (Å²) >= 11 is 0. The van der Waals surface area contributed by atoms with Crippen molar-refractivity contribution in [3.8, 4) is 17.1 Å². The summed E-state index contributed by atoms with van der Waals surface area (Å²) in [5.74, 6) is 1.53. The second kappa shape index (κ2) is 7.60. The molecule has 0 spiro atoms. The Balaban J connectivity index is 1.53. The van der Waals surface area contributed by atoms with Gasteiger partial charge in [-0.2, -0.15) is 0 Å². The zero-order chi connectivity index (χ0) is 19.7. The normalized spacial score (nSPS) is 14.0. The van der Waals surface area contributed by atoms with Crippen LogP contribution in [-0.2, 0) is 13.0 Å². The summed E-state index contributed by atoms with van der Waals surface area (Å²) in [6, 6.07) is 14.1. The third-order valence-corrected chi connectivity index (χ3v) is 5.44. The number of H-pyrrole nitrogens is 1. The van der Waals surface area contributed by atoms with Gasteiger partial charge in [0.05, 0.1) is 5.69 Å². The molecule has 0 amide bonds. The Morgan fingerprint density at radius 1 is 1.11 bits per heavy atom. The number of aromatic amines is 1. The van der Waals surface area contributed by atoms with Crippen molar-refractivity contribution < 1.29 is 4.74 Å². The number of benzene rings is 2. The molecule has 0 fully saturated rings. The largest absolute Gasteiger partial charge is 0.478 e. The van der Waals surface area contributed by atoms with E-state index < -0.39 is 0 Å². The molecule has 0 radical (unpaired) electrons. The van der Waals surface area contributed by atoms with Crippen molar-refractivity contribution in [2.45, 2.75) is 33.7 Å². The van der Waals surface area contributed by atoms with Crippen molar-refractivity contribution in [3.63, 3.8) is 0 Å². The van der Waals surface area contributed by atoms with Crippen LogP contribution >= 0.6 is 0 Å². The number of aromatic nitrogens is 2. The molecule has 3 aromatic rings. The molecule has 0 saturated carbocycles. The molecule has 4 rings (SSSR count). The van der Waals surface area contributed by atoms with E-state index in [-0.39, 0.29) is 5.56 Å². The minimum Gasteiger partial charge on any atom is -0.478 e. The van der Waals surface area contributed by atoms with Gasteiger partial charge in [-0.15, -0.1) is 0 Å². The van der Waals surface area contributed by atoms with Crippen LogP contribution in [0.4, 0.5) is 0 Å². The van der Waals surface area contributed by atoms with E-state index in [0.717, 1.165) is 34.7 Å². The van der Waals surface area contributed by atoms with Gasteiger partial charge in [-0.05, 0) is 44.4 Å². The molecule has 28 heavy (non-hydrogen) atoms. The number of hydrogen-bond acceptors (Lipinski definition) is 4. The number of rotatable bonds is 4. The molecule has 0 aliphatic carbocycles. The molecule has 2 heterocycles. The summed E-state index contributed by atoms with van der Waals surface area (Å²) in [6.45, 7) is 8.08. The Hall–Kier alpha value is -2.92. The third-order valence-electron chi connectivity index (χ3n) is 5.44. The molecule has 1 aliphatic heterocycles. The summed E-state index contributed by atoms with van der Waals surface area (Å²) in [5, 5.41) is 0. The fraction of sp³-hybridized carbons (Fsp3) is 0.304. The van der Waals surface area contributed by atoms with Crippen LogP contribution in [0.2, 0.25) is 0 Å². The molecule has 5 heteroatoms. The SMILES string of the molecule is Cc1ccc(-c2nc3c(c(=O)[nH]2)CCN(COc2cccc(C)c2C)C3)cc1. The lowest BCUT2D eigenvalue weighted by Crippen LogP contribution is -2.37. The van der Waals surface area contributed by atoms with Crippen molar-refractivity contribution in [3.05, 3.63) is 80.8 Å². The second-order valence-corrected chi connectivity index (χ2v) is 7.48. The van der Waals surface area contributed by atoms with E-state index in [9.17, 15) is 4.79 Å². The van der Waals surface area contributed by atoms with E-state index >= 15 is 0 Å². The highest BCUT2D eigenvalue weighted by Crippen LogP contribution is 2.22. The van der Waals surface area contributed by atoms with Crippen LogP contribution < -0.4 is 10.3 Å². The molecule has 1 aromatic heterocycles. The van der Waals surface area contributed by atoms with Gasteiger partial charge in [0.2, 0.25) is 0 Å².